The van der Waals surface area contributed by atoms with Crippen LogP contribution >= 0.6 is 0 Å². The smallest absolute Gasteiger partial charge is 0.222 e. The molecule has 0 aliphatic carbocycles. The van der Waals surface area contributed by atoms with Crippen LogP contribution in [-0.2, 0) is 24.3 Å². The van der Waals surface area contributed by atoms with Crippen molar-refractivity contribution in [1.29, 1.82) is 0 Å². The summed E-state index contributed by atoms with van der Waals surface area (Å²) in [7, 11) is 0. The first-order valence-corrected chi connectivity index (χ1v) is 9.13. The van der Waals surface area contributed by atoms with E-state index < -0.39 is 0 Å². The molecule has 132 valence electrons. The number of aromatic nitrogens is 2. The zero-order valence-electron chi connectivity index (χ0n) is 14.9. The number of likely N-dealkylation sites (tertiary alicyclic amines) is 1. The van der Waals surface area contributed by atoms with Gasteiger partial charge in [0, 0.05) is 37.8 Å². The molecular weight excluding hydrogens is 312 g/mol. The summed E-state index contributed by atoms with van der Waals surface area (Å²) in [5.74, 6) is 0.753. The predicted octanol–water partition coefficient (Wildman–Crippen LogP) is 2.87. The highest BCUT2D eigenvalue weighted by molar-refractivity contribution is 5.30. The zero-order chi connectivity index (χ0) is 17.1. The van der Waals surface area contributed by atoms with Crippen molar-refractivity contribution in [2.45, 2.75) is 32.9 Å². The van der Waals surface area contributed by atoms with Gasteiger partial charge in [0.2, 0.25) is 5.95 Å². The highest BCUT2D eigenvalue weighted by Crippen LogP contribution is 2.31. The second-order valence-corrected chi connectivity index (χ2v) is 7.58. The second-order valence-electron chi connectivity index (χ2n) is 7.58. The maximum Gasteiger partial charge on any atom is 0.222 e. The Morgan fingerprint density at radius 1 is 1.28 bits per heavy atom. The number of ether oxygens (including phenoxy) is 1. The molecule has 1 fully saturated rings. The van der Waals surface area contributed by atoms with Gasteiger partial charge in [-0.1, -0.05) is 37.3 Å². The topological polar surface area (TPSA) is 50.3 Å². The summed E-state index contributed by atoms with van der Waals surface area (Å²) in [6.45, 7) is 7.96. The third-order valence-corrected chi connectivity index (χ3v) is 5.25. The normalized spacial score (nSPS) is 23.4. The number of fused-ring (bicyclic) bond motifs is 1. The maximum atomic E-state index is 5.45. The molecule has 1 aromatic heterocycles. The number of hydrogen-bond acceptors (Lipinski definition) is 5. The minimum atomic E-state index is 0.261. The number of nitrogens with one attached hydrogen (secondary N) is 1. The van der Waals surface area contributed by atoms with E-state index in [0.29, 0.717) is 6.61 Å². The van der Waals surface area contributed by atoms with Crippen LogP contribution in [0.15, 0.2) is 36.5 Å². The number of benzene rings is 1. The molecule has 4 rings (SSSR count). The molecule has 0 amide bonds. The summed E-state index contributed by atoms with van der Waals surface area (Å²) >= 11 is 0. The Kier molecular flexibility index (Phi) is 4.68. The molecule has 2 aliphatic heterocycles. The standard InChI is InChI=1S/C20H26N4O/c1-20(8-9-24(15-20)12-16-5-3-2-4-6-16)14-22-19-21-11-17-13-25-10-7-18(17)23-19/h2-6,11H,7-10,12-15H2,1H3,(H,21,22,23). The Hall–Kier alpha value is -1.98. The van der Waals surface area contributed by atoms with E-state index in [-0.39, 0.29) is 5.41 Å². The summed E-state index contributed by atoms with van der Waals surface area (Å²) in [5, 5.41) is 3.47. The van der Waals surface area contributed by atoms with Crippen LogP contribution in [0.4, 0.5) is 5.95 Å². The first kappa shape index (κ1) is 16.5. The van der Waals surface area contributed by atoms with Crippen molar-refractivity contribution < 1.29 is 4.74 Å². The Balaban J connectivity index is 1.33. The van der Waals surface area contributed by atoms with Gasteiger partial charge in [-0.2, -0.15) is 0 Å². The van der Waals surface area contributed by atoms with E-state index >= 15 is 0 Å². The van der Waals surface area contributed by atoms with Gasteiger partial charge in [-0.05, 0) is 23.9 Å². The van der Waals surface area contributed by atoms with Crippen molar-refractivity contribution in [2.24, 2.45) is 5.41 Å². The molecule has 0 spiro atoms. The molecule has 3 heterocycles. The SMILES string of the molecule is CC1(CNc2ncc3c(n2)CCOC3)CCN(Cc2ccccc2)C1. The fourth-order valence-electron chi connectivity index (χ4n) is 3.75. The van der Waals surface area contributed by atoms with Crippen molar-refractivity contribution in [2.75, 3.05) is 31.6 Å². The van der Waals surface area contributed by atoms with Gasteiger partial charge in [-0.3, -0.25) is 4.90 Å². The first-order valence-electron chi connectivity index (χ1n) is 9.13. The summed E-state index contributed by atoms with van der Waals surface area (Å²) in [6, 6.07) is 10.7. The monoisotopic (exact) mass is 338 g/mol. The number of hydrogen-bond donors (Lipinski definition) is 1. The minimum Gasteiger partial charge on any atom is -0.376 e. The van der Waals surface area contributed by atoms with Crippen molar-refractivity contribution in [3.63, 3.8) is 0 Å². The van der Waals surface area contributed by atoms with E-state index in [0.717, 1.165) is 56.4 Å². The summed E-state index contributed by atoms with van der Waals surface area (Å²) in [6.07, 6.45) is 3.99. The van der Waals surface area contributed by atoms with Crippen molar-refractivity contribution in [3.8, 4) is 0 Å². The largest absolute Gasteiger partial charge is 0.376 e. The van der Waals surface area contributed by atoms with Crippen LogP contribution in [0.2, 0.25) is 0 Å². The summed E-state index contributed by atoms with van der Waals surface area (Å²) in [5.41, 5.74) is 3.90. The molecular formula is C20H26N4O. The zero-order valence-corrected chi connectivity index (χ0v) is 14.9. The molecule has 1 unspecified atom stereocenters. The van der Waals surface area contributed by atoms with Gasteiger partial charge < -0.3 is 10.1 Å². The second kappa shape index (κ2) is 7.10. The van der Waals surface area contributed by atoms with Gasteiger partial charge in [0.1, 0.15) is 0 Å². The van der Waals surface area contributed by atoms with Crippen molar-refractivity contribution in [3.05, 3.63) is 53.3 Å². The number of anilines is 1. The molecule has 2 aliphatic rings. The van der Waals surface area contributed by atoms with E-state index in [1.165, 1.54) is 12.0 Å². The number of rotatable bonds is 5. The summed E-state index contributed by atoms with van der Waals surface area (Å²) in [4.78, 5) is 11.7. The van der Waals surface area contributed by atoms with E-state index in [4.69, 9.17) is 4.74 Å². The lowest BCUT2D eigenvalue weighted by Crippen LogP contribution is -2.31. The quantitative estimate of drug-likeness (QED) is 0.908. The Labute approximate surface area is 149 Å². The molecule has 0 saturated carbocycles. The van der Waals surface area contributed by atoms with Crippen LogP contribution in [0.1, 0.15) is 30.2 Å². The highest BCUT2D eigenvalue weighted by atomic mass is 16.5. The lowest BCUT2D eigenvalue weighted by molar-refractivity contribution is 0.109. The molecule has 1 N–H and O–H groups in total. The van der Waals surface area contributed by atoms with Gasteiger partial charge >= 0.3 is 0 Å². The van der Waals surface area contributed by atoms with Crippen LogP contribution in [0.25, 0.3) is 0 Å². The molecule has 1 saturated heterocycles. The van der Waals surface area contributed by atoms with Crippen LogP contribution in [0.3, 0.4) is 0 Å². The van der Waals surface area contributed by atoms with Gasteiger partial charge in [-0.25, -0.2) is 9.97 Å². The highest BCUT2D eigenvalue weighted by Gasteiger charge is 2.33. The average molecular weight is 338 g/mol. The van der Waals surface area contributed by atoms with Crippen molar-refractivity contribution in [1.82, 2.24) is 14.9 Å². The molecule has 0 radical (unpaired) electrons. The molecule has 5 heteroatoms. The molecule has 1 atom stereocenters. The van der Waals surface area contributed by atoms with Crippen molar-refractivity contribution >= 4 is 5.95 Å². The lowest BCUT2D eigenvalue weighted by Gasteiger charge is -2.25. The molecule has 25 heavy (non-hydrogen) atoms. The maximum absolute atomic E-state index is 5.45. The molecule has 0 bridgehead atoms. The van der Waals surface area contributed by atoms with Crippen LogP contribution in [-0.4, -0.2) is 41.1 Å². The van der Waals surface area contributed by atoms with Gasteiger partial charge in [0.05, 0.1) is 18.9 Å². The third kappa shape index (κ3) is 3.99. The Bertz CT molecular complexity index is 721. The molecule has 2 aromatic rings. The van der Waals surface area contributed by atoms with Gasteiger partial charge in [-0.15, -0.1) is 0 Å². The Morgan fingerprint density at radius 2 is 2.16 bits per heavy atom. The number of nitrogens with zero attached hydrogens (tertiary/aromatic N) is 3. The fourth-order valence-corrected chi connectivity index (χ4v) is 3.75. The molecule has 5 nitrogen and oxygen atoms in total. The summed E-state index contributed by atoms with van der Waals surface area (Å²) < 4.78 is 5.45. The van der Waals surface area contributed by atoms with Gasteiger partial charge in [0.15, 0.2) is 0 Å². The Morgan fingerprint density at radius 3 is 3.04 bits per heavy atom. The third-order valence-electron chi connectivity index (χ3n) is 5.25. The fraction of sp³-hybridized carbons (Fsp3) is 0.500. The predicted molar refractivity (Wildman–Crippen MR) is 98.3 cm³/mol. The minimum absolute atomic E-state index is 0.261. The van der Waals surface area contributed by atoms with E-state index in [1.54, 1.807) is 0 Å². The van der Waals surface area contributed by atoms with Crippen LogP contribution < -0.4 is 5.32 Å². The van der Waals surface area contributed by atoms with E-state index in [9.17, 15) is 0 Å². The van der Waals surface area contributed by atoms with Crippen LogP contribution in [0, 0.1) is 5.41 Å². The van der Waals surface area contributed by atoms with E-state index in [1.807, 2.05) is 6.20 Å². The van der Waals surface area contributed by atoms with E-state index in [2.05, 4.69) is 57.4 Å². The average Bonchev–Trinajstić information content (AvgIpc) is 3.02. The molecule has 1 aromatic carbocycles. The van der Waals surface area contributed by atoms with Crippen LogP contribution in [0.5, 0.6) is 0 Å². The lowest BCUT2D eigenvalue weighted by atomic mass is 9.90. The van der Waals surface area contributed by atoms with Gasteiger partial charge in [0.25, 0.3) is 0 Å². The first-order chi connectivity index (χ1) is 12.2.